The zero-order valence-electron chi connectivity index (χ0n) is 17.1. The van der Waals surface area contributed by atoms with E-state index in [1.165, 1.54) is 11.3 Å². The second-order valence-electron chi connectivity index (χ2n) is 7.07. The molecule has 0 aliphatic rings. The summed E-state index contributed by atoms with van der Waals surface area (Å²) >= 11 is 9.12. The Morgan fingerprint density at radius 3 is 2.48 bits per heavy atom. The van der Waals surface area contributed by atoms with Gasteiger partial charge in [0.05, 0.1) is 21.3 Å². The molecule has 0 radical (unpaired) electrons. The number of aryl methyl sites for hydroxylation is 2. The first kappa shape index (κ1) is 21.5. The first-order chi connectivity index (χ1) is 15.0. The molecule has 1 amide bonds. The number of nitrogens with one attached hydrogen (secondary N) is 2. The van der Waals surface area contributed by atoms with E-state index in [1.54, 1.807) is 11.3 Å². The van der Waals surface area contributed by atoms with Crippen LogP contribution in [0.1, 0.15) is 16.3 Å². The number of hydrogen-bond donors (Lipinski definition) is 2. The van der Waals surface area contributed by atoms with Crippen LogP contribution in [0.3, 0.4) is 0 Å². The summed E-state index contributed by atoms with van der Waals surface area (Å²) in [4.78, 5) is 23.4. The van der Waals surface area contributed by atoms with Crippen LogP contribution in [0.4, 0.5) is 10.8 Å². The molecule has 2 N–H and O–H groups in total. The second kappa shape index (κ2) is 9.60. The van der Waals surface area contributed by atoms with E-state index in [1.807, 2.05) is 73.8 Å². The number of hydrogen-bond acceptors (Lipinski definition) is 6. The molecule has 1 unspecified atom stereocenters. The van der Waals surface area contributed by atoms with Crippen molar-refractivity contribution in [3.8, 4) is 10.6 Å². The van der Waals surface area contributed by atoms with Crippen LogP contribution in [0, 0.1) is 13.8 Å². The molecule has 5 nitrogen and oxygen atoms in total. The van der Waals surface area contributed by atoms with Crippen LogP contribution in [0.25, 0.3) is 10.6 Å². The van der Waals surface area contributed by atoms with Crippen LogP contribution in [0.5, 0.6) is 0 Å². The van der Waals surface area contributed by atoms with Crippen LogP contribution < -0.4 is 10.6 Å². The van der Waals surface area contributed by atoms with Gasteiger partial charge < -0.3 is 10.6 Å². The second-order valence-corrected chi connectivity index (χ2v) is 9.57. The van der Waals surface area contributed by atoms with Gasteiger partial charge in [0.1, 0.15) is 6.04 Å². The zero-order valence-corrected chi connectivity index (χ0v) is 19.4. The summed E-state index contributed by atoms with van der Waals surface area (Å²) in [5.41, 5.74) is 3.62. The SMILES string of the molecule is Cc1nc(C)c(-c2csc(NC(Cc3ccc(Cl)cc3)C(=O)Nc3ccccc3)n2)s1. The van der Waals surface area contributed by atoms with Gasteiger partial charge in [-0.05, 0) is 43.7 Å². The molecule has 2 aromatic heterocycles. The molecular weight excluding hydrogens is 448 g/mol. The maximum absolute atomic E-state index is 13.1. The summed E-state index contributed by atoms with van der Waals surface area (Å²) in [5.74, 6) is -0.122. The molecule has 0 aliphatic heterocycles. The fraction of sp³-hybridized carbons (Fsp3) is 0.174. The monoisotopic (exact) mass is 468 g/mol. The van der Waals surface area contributed by atoms with E-state index in [0.717, 1.165) is 32.5 Å². The highest BCUT2D eigenvalue weighted by atomic mass is 35.5. The third-order valence-corrected chi connectivity index (χ3v) is 6.77. The fourth-order valence-electron chi connectivity index (χ4n) is 3.18. The molecule has 1 atom stereocenters. The molecule has 4 rings (SSSR count). The summed E-state index contributed by atoms with van der Waals surface area (Å²) in [6, 6.07) is 16.5. The topological polar surface area (TPSA) is 66.9 Å². The number of halogens is 1. The number of rotatable bonds is 7. The van der Waals surface area contributed by atoms with E-state index in [-0.39, 0.29) is 5.91 Å². The maximum Gasteiger partial charge on any atom is 0.247 e. The molecule has 2 aromatic carbocycles. The lowest BCUT2D eigenvalue weighted by atomic mass is 10.1. The fourth-order valence-corrected chi connectivity index (χ4v) is 5.01. The summed E-state index contributed by atoms with van der Waals surface area (Å²) in [7, 11) is 0. The number of benzene rings is 2. The van der Waals surface area contributed by atoms with Crippen molar-refractivity contribution in [3.05, 3.63) is 81.3 Å². The molecule has 0 aliphatic carbocycles. The van der Waals surface area contributed by atoms with E-state index in [0.29, 0.717) is 16.6 Å². The molecule has 2 heterocycles. The van der Waals surface area contributed by atoms with E-state index < -0.39 is 6.04 Å². The molecule has 0 spiro atoms. The normalized spacial score (nSPS) is 11.8. The Hall–Kier alpha value is -2.74. The molecule has 31 heavy (non-hydrogen) atoms. The van der Waals surface area contributed by atoms with Crippen molar-refractivity contribution in [2.24, 2.45) is 0 Å². The van der Waals surface area contributed by atoms with Gasteiger partial charge in [-0.2, -0.15) is 0 Å². The van der Waals surface area contributed by atoms with Crippen LogP contribution in [0.2, 0.25) is 5.02 Å². The third kappa shape index (κ3) is 5.50. The van der Waals surface area contributed by atoms with Crippen molar-refractivity contribution in [2.75, 3.05) is 10.6 Å². The standard InChI is InChI=1S/C23H21ClN4OS2/c1-14-21(31-15(2)25-14)20-13-30-23(28-20)27-19(12-16-8-10-17(24)11-9-16)22(29)26-18-6-4-3-5-7-18/h3-11,13,19H,12H2,1-2H3,(H,26,29)(H,27,28). The number of para-hydroxylation sites is 1. The van der Waals surface area contributed by atoms with E-state index in [2.05, 4.69) is 15.6 Å². The number of nitrogens with zero attached hydrogens (tertiary/aromatic N) is 2. The number of amides is 1. The van der Waals surface area contributed by atoms with Crippen molar-refractivity contribution in [3.63, 3.8) is 0 Å². The van der Waals surface area contributed by atoms with Gasteiger partial charge in [0, 0.05) is 22.5 Å². The van der Waals surface area contributed by atoms with Crippen molar-refractivity contribution >= 4 is 51.0 Å². The largest absolute Gasteiger partial charge is 0.349 e. The van der Waals surface area contributed by atoms with E-state index in [9.17, 15) is 4.79 Å². The van der Waals surface area contributed by atoms with Crippen molar-refractivity contribution in [2.45, 2.75) is 26.3 Å². The Kier molecular flexibility index (Phi) is 6.65. The summed E-state index contributed by atoms with van der Waals surface area (Å²) < 4.78 is 0. The molecule has 0 saturated carbocycles. The average molecular weight is 469 g/mol. The van der Waals surface area contributed by atoms with Crippen LogP contribution in [-0.4, -0.2) is 21.9 Å². The summed E-state index contributed by atoms with van der Waals surface area (Å²) in [6.07, 6.45) is 0.503. The Morgan fingerprint density at radius 2 is 1.81 bits per heavy atom. The highest BCUT2D eigenvalue weighted by molar-refractivity contribution is 7.16. The minimum atomic E-state index is -0.496. The van der Waals surface area contributed by atoms with E-state index >= 15 is 0 Å². The number of carbonyl (C=O) groups excluding carboxylic acids is 1. The van der Waals surface area contributed by atoms with Crippen molar-refractivity contribution in [1.82, 2.24) is 9.97 Å². The van der Waals surface area contributed by atoms with Gasteiger partial charge in [0.15, 0.2) is 5.13 Å². The maximum atomic E-state index is 13.1. The minimum absolute atomic E-state index is 0.122. The predicted octanol–water partition coefficient (Wildman–Crippen LogP) is 6.20. The van der Waals surface area contributed by atoms with Crippen LogP contribution >= 0.6 is 34.3 Å². The lowest BCUT2D eigenvalue weighted by Gasteiger charge is -2.18. The molecule has 4 aromatic rings. The molecule has 0 fully saturated rings. The van der Waals surface area contributed by atoms with Crippen LogP contribution in [-0.2, 0) is 11.2 Å². The highest BCUT2D eigenvalue weighted by Crippen LogP contribution is 2.32. The predicted molar refractivity (Wildman–Crippen MR) is 130 cm³/mol. The van der Waals surface area contributed by atoms with Gasteiger partial charge in [0.25, 0.3) is 0 Å². The Labute approximate surface area is 194 Å². The Morgan fingerprint density at radius 1 is 1.06 bits per heavy atom. The number of carbonyl (C=O) groups is 1. The smallest absolute Gasteiger partial charge is 0.247 e. The van der Waals surface area contributed by atoms with Gasteiger partial charge in [-0.1, -0.05) is 41.9 Å². The Bertz CT molecular complexity index is 1170. The lowest BCUT2D eigenvalue weighted by Crippen LogP contribution is -2.36. The van der Waals surface area contributed by atoms with Gasteiger partial charge in [-0.3, -0.25) is 4.79 Å². The van der Waals surface area contributed by atoms with Gasteiger partial charge in [0.2, 0.25) is 5.91 Å². The van der Waals surface area contributed by atoms with Crippen molar-refractivity contribution in [1.29, 1.82) is 0 Å². The molecular formula is C23H21ClN4OS2. The lowest BCUT2D eigenvalue weighted by molar-refractivity contribution is -0.116. The Balaban J connectivity index is 1.55. The first-order valence-electron chi connectivity index (χ1n) is 9.75. The number of aromatic nitrogens is 2. The van der Waals surface area contributed by atoms with Gasteiger partial charge in [-0.25, -0.2) is 9.97 Å². The molecule has 8 heteroatoms. The zero-order chi connectivity index (χ0) is 21.8. The van der Waals surface area contributed by atoms with E-state index in [4.69, 9.17) is 16.6 Å². The third-order valence-electron chi connectivity index (χ3n) is 4.65. The molecule has 0 bridgehead atoms. The summed E-state index contributed by atoms with van der Waals surface area (Å²) in [5, 5.41) is 10.7. The number of thiazole rings is 2. The minimum Gasteiger partial charge on any atom is -0.349 e. The molecule has 158 valence electrons. The van der Waals surface area contributed by atoms with Crippen LogP contribution in [0.15, 0.2) is 60.0 Å². The van der Waals surface area contributed by atoms with Gasteiger partial charge in [-0.15, -0.1) is 22.7 Å². The highest BCUT2D eigenvalue weighted by Gasteiger charge is 2.21. The van der Waals surface area contributed by atoms with Gasteiger partial charge >= 0.3 is 0 Å². The first-order valence-corrected chi connectivity index (χ1v) is 11.8. The van der Waals surface area contributed by atoms with Crippen molar-refractivity contribution < 1.29 is 4.79 Å². The number of anilines is 2. The quantitative estimate of drug-likeness (QED) is 0.339. The summed E-state index contributed by atoms with van der Waals surface area (Å²) in [6.45, 7) is 3.98. The molecule has 0 saturated heterocycles. The average Bonchev–Trinajstić information content (AvgIpc) is 3.35.